The average Bonchev–Trinajstić information content (AvgIpc) is 3.42. The van der Waals surface area contributed by atoms with Crippen LogP contribution in [-0.4, -0.2) is 26.1 Å². The second kappa shape index (κ2) is 6.71. The lowest BCUT2D eigenvalue weighted by atomic mass is 10.1. The summed E-state index contributed by atoms with van der Waals surface area (Å²) in [6, 6.07) is 7.41. The summed E-state index contributed by atoms with van der Waals surface area (Å²) in [7, 11) is 0. The van der Waals surface area contributed by atoms with E-state index >= 15 is 0 Å². The number of benzene rings is 1. The summed E-state index contributed by atoms with van der Waals surface area (Å²) < 4.78 is 1.80. The van der Waals surface area contributed by atoms with Gasteiger partial charge in [-0.25, -0.2) is 15.0 Å². The summed E-state index contributed by atoms with van der Waals surface area (Å²) in [5.74, 6) is 1.34. The molecule has 1 unspecified atom stereocenters. The molecule has 3 aromatic rings. The number of hydrogen-bond acceptors (Lipinski definition) is 7. The zero-order valence-corrected chi connectivity index (χ0v) is 16.3. The minimum Gasteiger partial charge on any atom is -0.382 e. The van der Waals surface area contributed by atoms with Crippen molar-refractivity contribution in [1.29, 1.82) is 5.26 Å². The van der Waals surface area contributed by atoms with Crippen molar-refractivity contribution in [3.05, 3.63) is 51.3 Å². The highest BCUT2D eigenvalue weighted by atomic mass is 35.5. The Bertz CT molecular complexity index is 1230. The maximum absolute atomic E-state index is 13.4. The molecular weight excluding hydrogens is 390 g/mol. The van der Waals surface area contributed by atoms with E-state index in [0.29, 0.717) is 34.1 Å². The van der Waals surface area contributed by atoms with E-state index in [-0.39, 0.29) is 29.0 Å². The first-order valence-electron chi connectivity index (χ1n) is 9.58. The topological polar surface area (TPSA) is 114 Å². The predicted octanol–water partition coefficient (Wildman–Crippen LogP) is 2.97. The van der Waals surface area contributed by atoms with Crippen molar-refractivity contribution >= 4 is 34.1 Å². The first-order chi connectivity index (χ1) is 14.1. The fraction of sp³-hybridized carbons (Fsp3) is 0.350. The highest BCUT2D eigenvalue weighted by Gasteiger charge is 2.37. The molecule has 0 spiro atoms. The minimum absolute atomic E-state index is 0.104. The van der Waals surface area contributed by atoms with Crippen LogP contribution < -0.4 is 16.2 Å². The molecule has 9 heteroatoms. The Morgan fingerprint density at radius 3 is 2.83 bits per heavy atom. The Balaban J connectivity index is 1.72. The quantitative estimate of drug-likeness (QED) is 0.709. The third-order valence-corrected chi connectivity index (χ3v) is 5.92. The number of fused-ring (bicyclic) bond motifs is 1. The predicted molar refractivity (Wildman–Crippen MR) is 110 cm³/mol. The van der Waals surface area contributed by atoms with Crippen molar-refractivity contribution in [3.8, 4) is 6.07 Å². The van der Waals surface area contributed by atoms with E-state index in [9.17, 15) is 10.1 Å². The summed E-state index contributed by atoms with van der Waals surface area (Å²) >= 11 is 6.32. The zero-order valence-electron chi connectivity index (χ0n) is 15.5. The second-order valence-corrected chi connectivity index (χ2v) is 7.84. The molecule has 3 heterocycles. The highest BCUT2D eigenvalue weighted by molar-refractivity contribution is 6.35. The molecule has 1 aromatic carbocycles. The van der Waals surface area contributed by atoms with Crippen LogP contribution in [0.2, 0.25) is 5.02 Å². The van der Waals surface area contributed by atoms with E-state index in [4.69, 9.17) is 22.3 Å². The Kier molecular flexibility index (Phi) is 4.14. The fourth-order valence-corrected chi connectivity index (χ4v) is 4.39. The van der Waals surface area contributed by atoms with Gasteiger partial charge in [0, 0.05) is 12.6 Å². The molecule has 2 fully saturated rings. The van der Waals surface area contributed by atoms with Gasteiger partial charge in [0.15, 0.2) is 5.82 Å². The molecule has 1 aliphatic carbocycles. The van der Waals surface area contributed by atoms with Crippen LogP contribution in [0.4, 0.5) is 11.6 Å². The third kappa shape index (κ3) is 2.81. The number of nitrogens with zero attached hydrogens (tertiary/aromatic N) is 6. The molecule has 2 N–H and O–H groups in total. The zero-order chi connectivity index (χ0) is 20.1. The molecule has 1 aliphatic heterocycles. The molecule has 1 saturated carbocycles. The Morgan fingerprint density at radius 2 is 2.07 bits per heavy atom. The van der Waals surface area contributed by atoms with E-state index in [2.05, 4.69) is 16.0 Å². The van der Waals surface area contributed by atoms with Gasteiger partial charge in [0.2, 0.25) is 0 Å². The van der Waals surface area contributed by atoms with E-state index in [1.165, 1.54) is 6.33 Å². The van der Waals surface area contributed by atoms with Gasteiger partial charge in [-0.2, -0.15) is 5.26 Å². The summed E-state index contributed by atoms with van der Waals surface area (Å²) in [5, 5.41) is 10.4. The first-order valence-corrected chi connectivity index (χ1v) is 9.96. The second-order valence-electron chi connectivity index (χ2n) is 7.43. The van der Waals surface area contributed by atoms with Gasteiger partial charge in [-0.1, -0.05) is 17.7 Å². The fourth-order valence-electron chi connectivity index (χ4n) is 4.14. The molecule has 1 atom stereocenters. The number of rotatable bonds is 3. The smallest absolute Gasteiger partial charge is 0.263 e. The standard InChI is InChI=1S/C20H18ClN7O/c21-13-3-1-4-14-16(13)20(29)28(11-6-7-11)19(26-14)15-5-2-8-27(15)18-12(9-22)17(23)24-10-25-18/h1,3-4,10-11,15H,2,5-8H2,(H2,23,24,25). The van der Waals surface area contributed by atoms with Crippen LogP contribution >= 0.6 is 11.6 Å². The normalized spacial score (nSPS) is 18.9. The van der Waals surface area contributed by atoms with Crippen molar-refractivity contribution < 1.29 is 0 Å². The average molecular weight is 408 g/mol. The number of halogens is 1. The largest absolute Gasteiger partial charge is 0.382 e. The number of nitriles is 1. The molecule has 8 nitrogen and oxygen atoms in total. The lowest BCUT2D eigenvalue weighted by Gasteiger charge is -2.28. The molecule has 1 saturated heterocycles. The number of hydrogen-bond donors (Lipinski definition) is 1. The van der Waals surface area contributed by atoms with Crippen LogP contribution in [0.3, 0.4) is 0 Å². The third-order valence-electron chi connectivity index (χ3n) is 5.61. The van der Waals surface area contributed by atoms with Gasteiger partial charge in [0.05, 0.1) is 22.0 Å². The Hall–Kier alpha value is -3.18. The van der Waals surface area contributed by atoms with Gasteiger partial charge in [-0.3, -0.25) is 9.36 Å². The first kappa shape index (κ1) is 17.9. The monoisotopic (exact) mass is 407 g/mol. The molecule has 2 aromatic heterocycles. The highest BCUT2D eigenvalue weighted by Crippen LogP contribution is 2.41. The maximum Gasteiger partial charge on any atom is 0.263 e. The number of nitrogens with two attached hydrogens (primary N) is 1. The van der Waals surface area contributed by atoms with Gasteiger partial charge in [0.1, 0.15) is 29.6 Å². The molecule has 0 bridgehead atoms. The van der Waals surface area contributed by atoms with E-state index in [1.807, 2.05) is 11.0 Å². The van der Waals surface area contributed by atoms with Crippen molar-refractivity contribution in [2.24, 2.45) is 0 Å². The van der Waals surface area contributed by atoms with Gasteiger partial charge >= 0.3 is 0 Å². The van der Waals surface area contributed by atoms with Crippen LogP contribution in [-0.2, 0) is 0 Å². The van der Waals surface area contributed by atoms with Crippen molar-refractivity contribution in [3.63, 3.8) is 0 Å². The van der Waals surface area contributed by atoms with E-state index in [1.54, 1.807) is 16.7 Å². The summed E-state index contributed by atoms with van der Waals surface area (Å²) in [4.78, 5) is 28.5. The minimum atomic E-state index is -0.173. The SMILES string of the molecule is N#Cc1c(N)ncnc1N1CCCC1c1nc2cccc(Cl)c2c(=O)n1C1CC1. The summed E-state index contributed by atoms with van der Waals surface area (Å²) in [5.41, 5.74) is 6.64. The molecule has 146 valence electrons. The van der Waals surface area contributed by atoms with Crippen LogP contribution in [0.15, 0.2) is 29.3 Å². The van der Waals surface area contributed by atoms with Crippen LogP contribution in [0, 0.1) is 11.3 Å². The number of aromatic nitrogens is 4. The van der Waals surface area contributed by atoms with E-state index in [0.717, 1.165) is 25.7 Å². The van der Waals surface area contributed by atoms with Crippen molar-refractivity contribution in [1.82, 2.24) is 19.5 Å². The summed E-state index contributed by atoms with van der Waals surface area (Å²) in [6.07, 6.45) is 4.96. The Labute approximate surface area is 171 Å². The maximum atomic E-state index is 13.4. The van der Waals surface area contributed by atoms with Crippen molar-refractivity contribution in [2.45, 2.75) is 37.8 Å². The lowest BCUT2D eigenvalue weighted by molar-refractivity contribution is 0.564. The molecule has 29 heavy (non-hydrogen) atoms. The van der Waals surface area contributed by atoms with Gasteiger partial charge < -0.3 is 10.6 Å². The van der Waals surface area contributed by atoms with Crippen molar-refractivity contribution in [2.75, 3.05) is 17.2 Å². The van der Waals surface area contributed by atoms with Gasteiger partial charge in [0.25, 0.3) is 5.56 Å². The lowest BCUT2D eigenvalue weighted by Crippen LogP contribution is -2.33. The van der Waals surface area contributed by atoms with Gasteiger partial charge in [-0.05, 0) is 37.8 Å². The number of anilines is 2. The molecular formula is C20H18ClN7O. The molecule has 0 amide bonds. The van der Waals surface area contributed by atoms with Crippen LogP contribution in [0.1, 0.15) is 49.2 Å². The Morgan fingerprint density at radius 1 is 1.24 bits per heavy atom. The van der Waals surface area contributed by atoms with Crippen LogP contribution in [0.5, 0.6) is 0 Å². The summed E-state index contributed by atoms with van der Waals surface area (Å²) in [6.45, 7) is 0.698. The molecule has 0 radical (unpaired) electrons. The molecule has 5 rings (SSSR count). The molecule has 2 aliphatic rings. The van der Waals surface area contributed by atoms with Gasteiger partial charge in [-0.15, -0.1) is 0 Å². The van der Waals surface area contributed by atoms with E-state index < -0.39 is 0 Å². The number of nitrogen functional groups attached to an aromatic ring is 1. The van der Waals surface area contributed by atoms with Crippen LogP contribution in [0.25, 0.3) is 10.9 Å².